The summed E-state index contributed by atoms with van der Waals surface area (Å²) in [5, 5.41) is 3.82. The number of ether oxygens (including phenoxy) is 1. The molecule has 1 aromatic rings. The van der Waals surface area contributed by atoms with Gasteiger partial charge in [-0.1, -0.05) is 24.6 Å². The molecule has 1 aromatic carbocycles. The lowest BCUT2D eigenvalue weighted by molar-refractivity contribution is 0.258. The fourth-order valence-electron chi connectivity index (χ4n) is 1.20. The molecular formula is C11H16ClNO. The standard InChI is InChI=1S/C11H16ClNO/c1-9(7-13-2)8-14-11-5-3-4-10(12)6-11/h3-6,9,13H,7-8H2,1-2H3. The number of halogens is 1. The molecule has 0 aliphatic heterocycles. The summed E-state index contributed by atoms with van der Waals surface area (Å²) >= 11 is 5.83. The average Bonchev–Trinajstić information content (AvgIpc) is 2.15. The Labute approximate surface area is 90.2 Å². The Hall–Kier alpha value is -0.730. The van der Waals surface area contributed by atoms with E-state index in [0.717, 1.165) is 12.3 Å². The van der Waals surface area contributed by atoms with Crippen LogP contribution < -0.4 is 10.1 Å². The maximum atomic E-state index is 5.83. The molecule has 3 heteroatoms. The highest BCUT2D eigenvalue weighted by Crippen LogP contribution is 2.17. The zero-order valence-electron chi connectivity index (χ0n) is 8.59. The second kappa shape index (κ2) is 5.89. The van der Waals surface area contributed by atoms with Crippen LogP contribution in [0, 0.1) is 5.92 Å². The maximum Gasteiger partial charge on any atom is 0.120 e. The van der Waals surface area contributed by atoms with Gasteiger partial charge in [0.15, 0.2) is 0 Å². The van der Waals surface area contributed by atoms with E-state index in [9.17, 15) is 0 Å². The molecule has 0 spiro atoms. The monoisotopic (exact) mass is 213 g/mol. The van der Waals surface area contributed by atoms with Crippen LogP contribution in [0.2, 0.25) is 5.02 Å². The Morgan fingerprint density at radius 3 is 2.93 bits per heavy atom. The lowest BCUT2D eigenvalue weighted by atomic mass is 10.2. The van der Waals surface area contributed by atoms with Crippen molar-refractivity contribution < 1.29 is 4.74 Å². The van der Waals surface area contributed by atoms with Crippen LogP contribution in [0.15, 0.2) is 24.3 Å². The second-order valence-corrected chi connectivity index (χ2v) is 3.87. The fourth-order valence-corrected chi connectivity index (χ4v) is 1.38. The van der Waals surface area contributed by atoms with Crippen molar-refractivity contribution in [3.8, 4) is 5.75 Å². The van der Waals surface area contributed by atoms with Crippen molar-refractivity contribution in [1.82, 2.24) is 5.32 Å². The van der Waals surface area contributed by atoms with Gasteiger partial charge in [-0.15, -0.1) is 0 Å². The number of nitrogens with one attached hydrogen (secondary N) is 1. The summed E-state index contributed by atoms with van der Waals surface area (Å²) in [6.45, 7) is 3.81. The van der Waals surface area contributed by atoms with Gasteiger partial charge in [0.05, 0.1) is 6.61 Å². The van der Waals surface area contributed by atoms with Gasteiger partial charge in [0.25, 0.3) is 0 Å². The van der Waals surface area contributed by atoms with Gasteiger partial charge in [-0.05, 0) is 25.2 Å². The molecule has 0 aromatic heterocycles. The Bertz CT molecular complexity index is 278. The summed E-state index contributed by atoms with van der Waals surface area (Å²) in [7, 11) is 1.94. The largest absolute Gasteiger partial charge is 0.493 e. The van der Waals surface area contributed by atoms with E-state index in [1.807, 2.05) is 31.3 Å². The lowest BCUT2D eigenvalue weighted by Gasteiger charge is -2.12. The SMILES string of the molecule is CNCC(C)COc1cccc(Cl)c1. The summed E-state index contributed by atoms with van der Waals surface area (Å²) in [4.78, 5) is 0. The van der Waals surface area contributed by atoms with Crippen molar-refractivity contribution in [2.24, 2.45) is 5.92 Å². The minimum atomic E-state index is 0.499. The van der Waals surface area contributed by atoms with E-state index in [0.29, 0.717) is 17.5 Å². The average molecular weight is 214 g/mol. The minimum absolute atomic E-state index is 0.499. The van der Waals surface area contributed by atoms with Gasteiger partial charge in [0, 0.05) is 17.5 Å². The van der Waals surface area contributed by atoms with Gasteiger partial charge in [0.2, 0.25) is 0 Å². The molecule has 0 aliphatic carbocycles. The van der Waals surface area contributed by atoms with Crippen LogP contribution in [0.4, 0.5) is 0 Å². The molecule has 0 amide bonds. The highest BCUT2D eigenvalue weighted by atomic mass is 35.5. The van der Waals surface area contributed by atoms with E-state index in [4.69, 9.17) is 16.3 Å². The highest BCUT2D eigenvalue weighted by Gasteiger charge is 2.01. The van der Waals surface area contributed by atoms with E-state index in [2.05, 4.69) is 12.2 Å². The normalized spacial score (nSPS) is 12.5. The third-order valence-corrected chi connectivity index (χ3v) is 2.12. The van der Waals surface area contributed by atoms with Crippen molar-refractivity contribution in [3.05, 3.63) is 29.3 Å². The molecule has 0 aliphatic rings. The summed E-state index contributed by atoms with van der Waals surface area (Å²) in [5.74, 6) is 1.33. The van der Waals surface area contributed by atoms with Gasteiger partial charge in [0.1, 0.15) is 5.75 Å². The molecule has 14 heavy (non-hydrogen) atoms. The molecule has 2 nitrogen and oxygen atoms in total. The highest BCUT2D eigenvalue weighted by molar-refractivity contribution is 6.30. The van der Waals surface area contributed by atoms with Crippen LogP contribution in [0.5, 0.6) is 5.75 Å². The smallest absolute Gasteiger partial charge is 0.120 e. The van der Waals surface area contributed by atoms with E-state index >= 15 is 0 Å². The predicted molar refractivity (Wildman–Crippen MR) is 60.0 cm³/mol. The Kier molecular flexibility index (Phi) is 4.77. The molecule has 1 atom stereocenters. The lowest BCUT2D eigenvalue weighted by Crippen LogP contribution is -2.21. The molecule has 0 heterocycles. The van der Waals surface area contributed by atoms with E-state index in [-0.39, 0.29) is 0 Å². The van der Waals surface area contributed by atoms with Gasteiger partial charge >= 0.3 is 0 Å². The first kappa shape index (κ1) is 11.3. The van der Waals surface area contributed by atoms with E-state index < -0.39 is 0 Å². The van der Waals surface area contributed by atoms with E-state index in [1.54, 1.807) is 0 Å². The topological polar surface area (TPSA) is 21.3 Å². The molecule has 0 fully saturated rings. The first-order chi connectivity index (χ1) is 6.72. The molecule has 0 saturated heterocycles. The second-order valence-electron chi connectivity index (χ2n) is 3.43. The summed E-state index contributed by atoms with van der Waals surface area (Å²) in [5.41, 5.74) is 0. The zero-order valence-corrected chi connectivity index (χ0v) is 9.34. The number of rotatable bonds is 5. The molecule has 1 unspecified atom stereocenters. The molecule has 0 radical (unpaired) electrons. The molecule has 0 saturated carbocycles. The van der Waals surface area contributed by atoms with Crippen molar-refractivity contribution in [2.45, 2.75) is 6.92 Å². The van der Waals surface area contributed by atoms with Crippen LogP contribution in [-0.2, 0) is 0 Å². The number of hydrogen-bond acceptors (Lipinski definition) is 2. The maximum absolute atomic E-state index is 5.83. The van der Waals surface area contributed by atoms with Gasteiger partial charge in [-0.25, -0.2) is 0 Å². The Morgan fingerprint density at radius 2 is 2.29 bits per heavy atom. The van der Waals surface area contributed by atoms with E-state index in [1.165, 1.54) is 0 Å². The van der Waals surface area contributed by atoms with Crippen molar-refractivity contribution >= 4 is 11.6 Å². The van der Waals surface area contributed by atoms with Crippen LogP contribution in [0.3, 0.4) is 0 Å². The molecule has 0 bridgehead atoms. The minimum Gasteiger partial charge on any atom is -0.493 e. The molecule has 78 valence electrons. The Morgan fingerprint density at radius 1 is 1.50 bits per heavy atom. The van der Waals surface area contributed by atoms with Crippen LogP contribution in [-0.4, -0.2) is 20.2 Å². The summed E-state index contributed by atoms with van der Waals surface area (Å²) in [6, 6.07) is 7.47. The predicted octanol–water partition coefficient (Wildman–Crippen LogP) is 2.57. The molecule has 1 rings (SSSR count). The first-order valence-electron chi connectivity index (χ1n) is 4.75. The first-order valence-corrected chi connectivity index (χ1v) is 5.13. The van der Waals surface area contributed by atoms with Crippen molar-refractivity contribution in [3.63, 3.8) is 0 Å². The fraction of sp³-hybridized carbons (Fsp3) is 0.455. The zero-order chi connectivity index (χ0) is 10.4. The van der Waals surface area contributed by atoms with Crippen LogP contribution >= 0.6 is 11.6 Å². The third-order valence-electron chi connectivity index (χ3n) is 1.88. The van der Waals surface area contributed by atoms with Gasteiger partial charge in [-0.3, -0.25) is 0 Å². The van der Waals surface area contributed by atoms with Crippen molar-refractivity contribution in [1.29, 1.82) is 0 Å². The van der Waals surface area contributed by atoms with Gasteiger partial charge in [-0.2, -0.15) is 0 Å². The number of benzene rings is 1. The van der Waals surface area contributed by atoms with Crippen molar-refractivity contribution in [2.75, 3.05) is 20.2 Å². The molecule has 1 N–H and O–H groups in total. The Balaban J connectivity index is 2.37. The summed E-state index contributed by atoms with van der Waals surface area (Å²) in [6.07, 6.45) is 0. The van der Waals surface area contributed by atoms with Gasteiger partial charge < -0.3 is 10.1 Å². The van der Waals surface area contributed by atoms with Crippen LogP contribution in [0.1, 0.15) is 6.92 Å². The van der Waals surface area contributed by atoms with Crippen LogP contribution in [0.25, 0.3) is 0 Å². The third kappa shape index (κ3) is 3.99. The quantitative estimate of drug-likeness (QED) is 0.812. The number of hydrogen-bond donors (Lipinski definition) is 1. The summed E-state index contributed by atoms with van der Waals surface area (Å²) < 4.78 is 5.58. The molecular weight excluding hydrogens is 198 g/mol.